The summed E-state index contributed by atoms with van der Waals surface area (Å²) in [4.78, 5) is 25.9. The van der Waals surface area contributed by atoms with E-state index in [0.717, 1.165) is 16.8 Å². The first-order chi connectivity index (χ1) is 13.2. The van der Waals surface area contributed by atoms with E-state index in [2.05, 4.69) is 10.6 Å². The third-order valence-corrected chi connectivity index (χ3v) is 4.62. The molecule has 1 saturated heterocycles. The summed E-state index contributed by atoms with van der Waals surface area (Å²) >= 11 is 0. The first kappa shape index (κ1) is 18.8. The van der Waals surface area contributed by atoms with Gasteiger partial charge in [0.2, 0.25) is 0 Å². The number of anilines is 1. The molecular weight excluding hydrogens is 342 g/mol. The van der Waals surface area contributed by atoms with Crippen LogP contribution >= 0.6 is 0 Å². The topological polar surface area (TPSA) is 70.7 Å². The van der Waals surface area contributed by atoms with Gasteiger partial charge in [-0.3, -0.25) is 0 Å². The fourth-order valence-electron chi connectivity index (χ4n) is 3.23. The molecule has 142 valence electrons. The summed E-state index contributed by atoms with van der Waals surface area (Å²) in [7, 11) is 0. The molecule has 1 aliphatic rings. The van der Waals surface area contributed by atoms with Crippen molar-refractivity contribution in [3.63, 3.8) is 0 Å². The first-order valence-electron chi connectivity index (χ1n) is 9.31. The normalized spacial score (nSPS) is 14.5. The van der Waals surface area contributed by atoms with Gasteiger partial charge in [0.15, 0.2) is 0 Å². The highest BCUT2D eigenvalue weighted by molar-refractivity contribution is 5.94. The Morgan fingerprint density at radius 3 is 2.41 bits per heavy atom. The Balaban J connectivity index is 1.56. The molecule has 2 aromatic rings. The molecule has 3 rings (SSSR count). The van der Waals surface area contributed by atoms with Crippen LogP contribution in [0.25, 0.3) is 11.1 Å². The second-order valence-electron chi connectivity index (χ2n) is 6.47. The van der Waals surface area contributed by atoms with E-state index in [1.54, 1.807) is 11.8 Å². The Hall–Kier alpha value is -3.02. The zero-order chi connectivity index (χ0) is 19.1. The lowest BCUT2D eigenvalue weighted by atomic mass is 10.0. The van der Waals surface area contributed by atoms with Crippen LogP contribution < -0.4 is 10.6 Å². The number of ether oxygens (including phenoxy) is 1. The number of para-hydroxylation sites is 1. The van der Waals surface area contributed by atoms with E-state index in [0.29, 0.717) is 32.5 Å². The number of nitrogens with zero attached hydrogens (tertiary/aromatic N) is 1. The predicted octanol–water partition coefficient (Wildman–Crippen LogP) is 4.10. The van der Waals surface area contributed by atoms with Gasteiger partial charge in [-0.2, -0.15) is 0 Å². The number of urea groups is 1. The van der Waals surface area contributed by atoms with Crippen LogP contribution in [0.2, 0.25) is 0 Å². The number of hydrogen-bond donors (Lipinski definition) is 2. The molecule has 27 heavy (non-hydrogen) atoms. The third kappa shape index (κ3) is 5.00. The van der Waals surface area contributed by atoms with Gasteiger partial charge in [-0.1, -0.05) is 48.5 Å². The average Bonchev–Trinajstić information content (AvgIpc) is 2.70. The number of benzene rings is 2. The number of nitrogens with one attached hydrogen (secondary N) is 2. The zero-order valence-corrected chi connectivity index (χ0v) is 15.5. The summed E-state index contributed by atoms with van der Waals surface area (Å²) in [6.45, 7) is 3.35. The highest BCUT2D eigenvalue weighted by Crippen LogP contribution is 2.27. The van der Waals surface area contributed by atoms with Gasteiger partial charge in [0, 0.05) is 24.7 Å². The largest absolute Gasteiger partial charge is 0.450 e. The number of carbonyl (C=O) groups excluding carboxylic acids is 2. The molecule has 0 aromatic heterocycles. The number of rotatable bonds is 4. The number of hydrogen-bond acceptors (Lipinski definition) is 3. The molecule has 0 saturated carbocycles. The fourth-order valence-corrected chi connectivity index (χ4v) is 3.23. The summed E-state index contributed by atoms with van der Waals surface area (Å²) in [5.41, 5.74) is 2.80. The van der Waals surface area contributed by atoms with Gasteiger partial charge in [0.1, 0.15) is 0 Å². The molecule has 0 unspecified atom stereocenters. The molecule has 0 spiro atoms. The third-order valence-electron chi connectivity index (χ3n) is 4.62. The summed E-state index contributed by atoms with van der Waals surface area (Å²) < 4.78 is 5.02. The quantitative estimate of drug-likeness (QED) is 0.855. The maximum Gasteiger partial charge on any atom is 0.409 e. The lowest BCUT2D eigenvalue weighted by Crippen LogP contribution is -2.47. The van der Waals surface area contributed by atoms with Gasteiger partial charge in [0.25, 0.3) is 0 Å². The molecule has 1 heterocycles. The lowest BCUT2D eigenvalue weighted by molar-refractivity contribution is 0.0959. The van der Waals surface area contributed by atoms with E-state index in [1.165, 1.54) is 0 Å². The second kappa shape index (κ2) is 9.07. The van der Waals surface area contributed by atoms with E-state index >= 15 is 0 Å². The summed E-state index contributed by atoms with van der Waals surface area (Å²) in [5, 5.41) is 5.96. The maximum absolute atomic E-state index is 12.5. The van der Waals surface area contributed by atoms with Crippen molar-refractivity contribution < 1.29 is 14.3 Å². The van der Waals surface area contributed by atoms with Crippen LogP contribution in [0, 0.1) is 0 Å². The smallest absolute Gasteiger partial charge is 0.409 e. The van der Waals surface area contributed by atoms with Crippen LogP contribution in [0.1, 0.15) is 19.8 Å². The van der Waals surface area contributed by atoms with Crippen LogP contribution in [0.5, 0.6) is 0 Å². The first-order valence-corrected chi connectivity index (χ1v) is 9.31. The Kier molecular flexibility index (Phi) is 6.30. The minimum Gasteiger partial charge on any atom is -0.450 e. The molecule has 0 radical (unpaired) electrons. The monoisotopic (exact) mass is 367 g/mol. The molecule has 6 heteroatoms. The van der Waals surface area contributed by atoms with Crippen molar-refractivity contribution in [2.45, 2.75) is 25.8 Å². The number of likely N-dealkylation sites (tertiary alicyclic amines) is 1. The molecule has 0 atom stereocenters. The number of piperidine rings is 1. The van der Waals surface area contributed by atoms with Crippen molar-refractivity contribution in [2.75, 3.05) is 25.0 Å². The summed E-state index contributed by atoms with van der Waals surface area (Å²) in [5.74, 6) is 0. The number of carbonyl (C=O) groups is 2. The van der Waals surface area contributed by atoms with Gasteiger partial charge in [0.05, 0.1) is 12.3 Å². The van der Waals surface area contributed by atoms with Gasteiger partial charge >= 0.3 is 12.1 Å². The average molecular weight is 367 g/mol. The van der Waals surface area contributed by atoms with E-state index in [1.807, 2.05) is 54.6 Å². The van der Waals surface area contributed by atoms with Crippen molar-refractivity contribution in [3.8, 4) is 11.1 Å². The van der Waals surface area contributed by atoms with Crippen molar-refractivity contribution >= 4 is 17.8 Å². The van der Waals surface area contributed by atoms with Crippen LogP contribution in [-0.4, -0.2) is 42.8 Å². The van der Waals surface area contributed by atoms with Crippen LogP contribution in [0.15, 0.2) is 54.6 Å². The predicted molar refractivity (Wildman–Crippen MR) is 106 cm³/mol. The SMILES string of the molecule is CCOC(=O)N1CCC(NC(=O)Nc2ccccc2-c2ccccc2)CC1. The Labute approximate surface area is 159 Å². The summed E-state index contributed by atoms with van der Waals surface area (Å²) in [6, 6.07) is 17.5. The van der Waals surface area contributed by atoms with Crippen LogP contribution in [0.3, 0.4) is 0 Å². The van der Waals surface area contributed by atoms with Gasteiger partial charge < -0.3 is 20.3 Å². The molecule has 1 aliphatic heterocycles. The van der Waals surface area contributed by atoms with Gasteiger partial charge in [-0.15, -0.1) is 0 Å². The molecule has 2 aromatic carbocycles. The Bertz CT molecular complexity index is 771. The standard InChI is InChI=1S/C21H25N3O3/c1-2-27-21(26)24-14-12-17(13-15-24)22-20(25)23-19-11-7-6-10-18(19)16-8-4-3-5-9-16/h3-11,17H,2,12-15H2,1H3,(H2,22,23,25). The Morgan fingerprint density at radius 2 is 1.70 bits per heavy atom. The van der Waals surface area contributed by atoms with Crippen molar-refractivity contribution in [2.24, 2.45) is 0 Å². The highest BCUT2D eigenvalue weighted by Gasteiger charge is 2.24. The van der Waals surface area contributed by atoms with E-state index in [9.17, 15) is 9.59 Å². The Morgan fingerprint density at radius 1 is 1.04 bits per heavy atom. The number of amides is 3. The minimum atomic E-state index is -0.280. The van der Waals surface area contributed by atoms with E-state index in [4.69, 9.17) is 4.74 Å². The van der Waals surface area contributed by atoms with Crippen molar-refractivity contribution in [3.05, 3.63) is 54.6 Å². The summed E-state index contributed by atoms with van der Waals surface area (Å²) in [6.07, 6.45) is 1.15. The molecular formula is C21H25N3O3. The van der Waals surface area contributed by atoms with Crippen molar-refractivity contribution in [1.29, 1.82) is 0 Å². The molecule has 3 amide bonds. The van der Waals surface area contributed by atoms with E-state index < -0.39 is 0 Å². The van der Waals surface area contributed by atoms with Crippen molar-refractivity contribution in [1.82, 2.24) is 10.2 Å². The zero-order valence-electron chi connectivity index (χ0n) is 15.5. The second-order valence-corrected chi connectivity index (χ2v) is 6.47. The molecule has 1 fully saturated rings. The fraction of sp³-hybridized carbons (Fsp3) is 0.333. The maximum atomic E-state index is 12.5. The van der Waals surface area contributed by atoms with Gasteiger partial charge in [-0.25, -0.2) is 9.59 Å². The van der Waals surface area contributed by atoms with Crippen LogP contribution in [0.4, 0.5) is 15.3 Å². The van der Waals surface area contributed by atoms with Crippen LogP contribution in [-0.2, 0) is 4.74 Å². The van der Waals surface area contributed by atoms with Gasteiger partial charge in [-0.05, 0) is 31.4 Å². The molecule has 0 bridgehead atoms. The molecule has 2 N–H and O–H groups in total. The molecule has 6 nitrogen and oxygen atoms in total. The van der Waals surface area contributed by atoms with E-state index in [-0.39, 0.29) is 18.2 Å². The highest BCUT2D eigenvalue weighted by atomic mass is 16.6. The lowest BCUT2D eigenvalue weighted by Gasteiger charge is -2.31. The minimum absolute atomic E-state index is 0.0413. The molecule has 0 aliphatic carbocycles.